The molecule has 0 bridgehead atoms. The maximum Gasteiger partial charge on any atom is 0.166 e. The van der Waals surface area contributed by atoms with Gasteiger partial charge in [-0.25, -0.2) is 0 Å². The number of phenolic OH excluding ortho intramolecular Hbond substituents is 3. The molecule has 5 heteroatoms. The molecule has 146 valence electrons. The highest BCUT2D eigenvalue weighted by atomic mass is 16.3. The fraction of sp³-hybridized carbons (Fsp3) is 0.409. The summed E-state index contributed by atoms with van der Waals surface area (Å²) in [5, 5.41) is 32.9. The van der Waals surface area contributed by atoms with Gasteiger partial charge in [0.2, 0.25) is 0 Å². The molecule has 2 rings (SSSR count). The number of ketones is 1. The molecule has 4 N–H and O–H groups in total. The third-order valence-corrected chi connectivity index (χ3v) is 4.36. The summed E-state index contributed by atoms with van der Waals surface area (Å²) in [4.78, 5) is 12.6. The largest absolute Gasteiger partial charge is 0.508 e. The van der Waals surface area contributed by atoms with Crippen molar-refractivity contribution in [3.63, 3.8) is 0 Å². The maximum atomic E-state index is 12.6. The van der Waals surface area contributed by atoms with Gasteiger partial charge in [0, 0.05) is 18.5 Å². The Hall–Kier alpha value is -2.69. The molecule has 1 unspecified atom stereocenters. The van der Waals surface area contributed by atoms with Crippen molar-refractivity contribution < 1.29 is 20.1 Å². The Morgan fingerprint density at radius 1 is 1.11 bits per heavy atom. The quantitative estimate of drug-likeness (QED) is 0.310. The minimum atomic E-state index is -0.0925. The summed E-state index contributed by atoms with van der Waals surface area (Å²) in [7, 11) is 0. The first-order chi connectivity index (χ1) is 12.6. The molecule has 0 spiro atoms. The van der Waals surface area contributed by atoms with Crippen LogP contribution < -0.4 is 5.32 Å². The lowest BCUT2D eigenvalue weighted by atomic mass is 9.83. The second-order valence-electron chi connectivity index (χ2n) is 8.37. The van der Waals surface area contributed by atoms with E-state index in [2.05, 4.69) is 26.1 Å². The van der Waals surface area contributed by atoms with Crippen LogP contribution in [0.5, 0.6) is 17.2 Å². The lowest BCUT2D eigenvalue weighted by Crippen LogP contribution is -2.14. The van der Waals surface area contributed by atoms with Gasteiger partial charge in [0.05, 0.1) is 11.3 Å². The Labute approximate surface area is 160 Å². The smallest absolute Gasteiger partial charge is 0.166 e. The van der Waals surface area contributed by atoms with Crippen molar-refractivity contribution in [2.75, 3.05) is 5.32 Å². The number of phenols is 3. The van der Waals surface area contributed by atoms with Gasteiger partial charge in [-0.15, -0.1) is 0 Å². The number of anilines is 1. The summed E-state index contributed by atoms with van der Waals surface area (Å²) in [6.07, 6.45) is 1.30. The van der Waals surface area contributed by atoms with Crippen molar-refractivity contribution in [1.82, 2.24) is 0 Å². The van der Waals surface area contributed by atoms with Crippen molar-refractivity contribution in [2.24, 2.45) is 11.3 Å². The van der Waals surface area contributed by atoms with E-state index in [1.807, 2.05) is 6.92 Å². The van der Waals surface area contributed by atoms with Crippen molar-refractivity contribution in [3.05, 3.63) is 47.5 Å². The van der Waals surface area contributed by atoms with Gasteiger partial charge in [-0.1, -0.05) is 33.8 Å². The van der Waals surface area contributed by atoms with Crippen LogP contribution >= 0.6 is 0 Å². The molecular weight excluding hydrogens is 342 g/mol. The molecule has 0 saturated heterocycles. The van der Waals surface area contributed by atoms with Crippen molar-refractivity contribution >= 4 is 11.5 Å². The van der Waals surface area contributed by atoms with E-state index in [0.29, 0.717) is 23.2 Å². The molecule has 0 amide bonds. The first kappa shape index (κ1) is 20.6. The fourth-order valence-corrected chi connectivity index (χ4v) is 3.36. The van der Waals surface area contributed by atoms with Crippen molar-refractivity contribution in [3.8, 4) is 17.2 Å². The molecule has 0 aliphatic rings. The molecule has 5 nitrogen and oxygen atoms in total. The zero-order valence-electron chi connectivity index (χ0n) is 16.4. The molecule has 2 aromatic rings. The third-order valence-electron chi connectivity index (χ3n) is 4.36. The minimum Gasteiger partial charge on any atom is -0.508 e. The number of benzene rings is 2. The first-order valence-electron chi connectivity index (χ1n) is 9.17. The topological polar surface area (TPSA) is 89.8 Å². The summed E-state index contributed by atoms with van der Waals surface area (Å²) >= 11 is 0. The van der Waals surface area contributed by atoms with Gasteiger partial charge in [0.1, 0.15) is 17.2 Å². The van der Waals surface area contributed by atoms with Gasteiger partial charge in [-0.05, 0) is 48.1 Å². The number of nitrogens with one attached hydrogen (secondary N) is 1. The number of carbonyl (C=O) groups excluding carboxylic acids is 1. The molecule has 0 aliphatic carbocycles. The average Bonchev–Trinajstić information content (AvgIpc) is 2.54. The van der Waals surface area contributed by atoms with Gasteiger partial charge in [-0.3, -0.25) is 4.79 Å². The average molecular weight is 371 g/mol. The highest BCUT2D eigenvalue weighted by Crippen LogP contribution is 2.32. The monoisotopic (exact) mass is 371 g/mol. The third kappa shape index (κ3) is 5.91. The predicted octanol–water partition coefficient (Wildman–Crippen LogP) is 5.06. The number of aromatic hydroxyl groups is 3. The van der Waals surface area contributed by atoms with E-state index in [-0.39, 0.29) is 40.9 Å². The number of carbonyl (C=O) groups is 1. The second kappa shape index (κ2) is 8.33. The van der Waals surface area contributed by atoms with Gasteiger partial charge >= 0.3 is 0 Å². The van der Waals surface area contributed by atoms with Crippen molar-refractivity contribution in [2.45, 2.75) is 47.1 Å². The molecule has 0 radical (unpaired) electrons. The maximum absolute atomic E-state index is 12.6. The van der Waals surface area contributed by atoms with Crippen LogP contribution in [0.1, 0.15) is 56.5 Å². The Balaban J connectivity index is 2.10. The number of hydrogen-bond donors (Lipinski definition) is 4. The molecule has 0 saturated carbocycles. The van der Waals surface area contributed by atoms with Crippen LogP contribution in [0.3, 0.4) is 0 Å². The van der Waals surface area contributed by atoms with E-state index >= 15 is 0 Å². The highest BCUT2D eigenvalue weighted by Gasteiger charge is 2.21. The van der Waals surface area contributed by atoms with Crippen LogP contribution in [-0.2, 0) is 6.54 Å². The summed E-state index contributed by atoms with van der Waals surface area (Å²) in [6, 6.07) is 9.26. The first-order valence-corrected chi connectivity index (χ1v) is 9.17. The Morgan fingerprint density at radius 3 is 2.48 bits per heavy atom. The number of hydrogen-bond acceptors (Lipinski definition) is 5. The Morgan fingerprint density at radius 2 is 1.81 bits per heavy atom. The van der Waals surface area contributed by atoms with Crippen molar-refractivity contribution in [1.29, 1.82) is 0 Å². The van der Waals surface area contributed by atoms with E-state index in [9.17, 15) is 20.1 Å². The van der Waals surface area contributed by atoms with Gasteiger partial charge in [0.15, 0.2) is 5.78 Å². The molecule has 27 heavy (non-hydrogen) atoms. The van der Waals surface area contributed by atoms with E-state index < -0.39 is 0 Å². The lowest BCUT2D eigenvalue weighted by Gasteiger charge is -2.23. The molecule has 0 aromatic heterocycles. The summed E-state index contributed by atoms with van der Waals surface area (Å²) in [5.74, 6) is 0.129. The summed E-state index contributed by atoms with van der Waals surface area (Å²) < 4.78 is 0. The van der Waals surface area contributed by atoms with Crippen LogP contribution in [0.15, 0.2) is 36.4 Å². The van der Waals surface area contributed by atoms with Gasteiger partial charge in [0.25, 0.3) is 0 Å². The molecule has 1 atom stereocenters. The zero-order valence-corrected chi connectivity index (χ0v) is 16.4. The lowest BCUT2D eigenvalue weighted by molar-refractivity contribution is 0.0952. The van der Waals surface area contributed by atoms with Gasteiger partial charge < -0.3 is 20.6 Å². The highest BCUT2D eigenvalue weighted by molar-refractivity contribution is 6.00. The van der Waals surface area contributed by atoms with E-state index in [4.69, 9.17) is 0 Å². The SMILES string of the molecule is CC(CC(=O)c1cccc(NCc2cc(O)ccc2O)c1O)CC(C)(C)C. The molecule has 0 heterocycles. The van der Waals surface area contributed by atoms with E-state index in [1.54, 1.807) is 18.2 Å². The fourth-order valence-electron chi connectivity index (χ4n) is 3.36. The summed E-state index contributed by atoms with van der Waals surface area (Å²) in [5.41, 5.74) is 1.34. The molecular formula is C22H29NO4. The van der Waals surface area contributed by atoms with E-state index in [1.165, 1.54) is 18.2 Å². The minimum absolute atomic E-state index is 0.0445. The number of para-hydroxylation sites is 1. The Bertz CT molecular complexity index is 808. The zero-order chi connectivity index (χ0) is 20.2. The predicted molar refractivity (Wildman–Crippen MR) is 107 cm³/mol. The molecule has 0 aliphatic heterocycles. The number of Topliss-reactive ketones (excluding diaryl/α,β-unsaturated/α-hetero) is 1. The Kier molecular flexibility index (Phi) is 6.37. The van der Waals surface area contributed by atoms with Crippen LogP contribution in [-0.4, -0.2) is 21.1 Å². The molecule has 2 aromatic carbocycles. The normalized spacial score (nSPS) is 12.6. The van der Waals surface area contributed by atoms with Crippen LogP contribution in [0.4, 0.5) is 5.69 Å². The van der Waals surface area contributed by atoms with Gasteiger partial charge in [-0.2, -0.15) is 0 Å². The standard InChI is InChI=1S/C22H29NO4/c1-14(12-22(2,3)4)10-20(26)17-6-5-7-18(21(17)27)23-13-15-11-16(24)8-9-19(15)25/h5-9,11,14,23-25,27H,10,12-13H2,1-4H3. The van der Waals surface area contributed by atoms with Crippen LogP contribution in [0, 0.1) is 11.3 Å². The number of rotatable bonds is 7. The van der Waals surface area contributed by atoms with E-state index in [0.717, 1.165) is 6.42 Å². The molecule has 0 fully saturated rings. The van der Waals surface area contributed by atoms with Crippen LogP contribution in [0.2, 0.25) is 0 Å². The summed E-state index contributed by atoms with van der Waals surface area (Å²) in [6.45, 7) is 8.69. The van der Waals surface area contributed by atoms with Crippen LogP contribution in [0.25, 0.3) is 0 Å². The second-order valence-corrected chi connectivity index (χ2v) is 8.37.